The Labute approximate surface area is 110 Å². The van der Waals surface area contributed by atoms with E-state index in [9.17, 15) is 15.3 Å². The van der Waals surface area contributed by atoms with Crippen molar-refractivity contribution in [3.8, 4) is 0 Å². The van der Waals surface area contributed by atoms with Crippen LogP contribution in [0.2, 0.25) is 18.1 Å². The molecule has 0 aromatic rings. The second-order valence-electron chi connectivity index (χ2n) is 6.51. The van der Waals surface area contributed by atoms with E-state index in [4.69, 9.17) is 9.16 Å². The van der Waals surface area contributed by atoms with Gasteiger partial charge in [-0.05, 0) is 18.1 Å². The summed E-state index contributed by atoms with van der Waals surface area (Å²) in [6, 6.07) is 0. The third-order valence-corrected chi connectivity index (χ3v) is 8.46. The van der Waals surface area contributed by atoms with Crippen molar-refractivity contribution in [2.45, 2.75) is 69.9 Å². The molecule has 18 heavy (non-hydrogen) atoms. The molecule has 108 valence electrons. The van der Waals surface area contributed by atoms with Gasteiger partial charge in [-0.25, -0.2) is 0 Å². The average Bonchev–Trinajstić information content (AvgIpc) is 2.21. The smallest absolute Gasteiger partial charge is 0.192 e. The number of ether oxygens (including phenoxy) is 1. The van der Waals surface area contributed by atoms with Crippen molar-refractivity contribution in [1.82, 2.24) is 0 Å². The molecule has 4 atom stereocenters. The monoisotopic (exact) mass is 278 g/mol. The summed E-state index contributed by atoms with van der Waals surface area (Å²) in [5, 5.41) is 28.5. The van der Waals surface area contributed by atoms with Crippen LogP contribution in [0.25, 0.3) is 0 Å². The maximum Gasteiger partial charge on any atom is 0.192 e. The predicted molar refractivity (Wildman–Crippen MR) is 70.7 cm³/mol. The second-order valence-corrected chi connectivity index (χ2v) is 11.3. The first-order valence-corrected chi connectivity index (χ1v) is 9.29. The molecule has 3 N–H and O–H groups in total. The highest BCUT2D eigenvalue weighted by Gasteiger charge is 2.40. The van der Waals surface area contributed by atoms with Gasteiger partial charge in [0, 0.05) is 6.42 Å². The maximum absolute atomic E-state index is 9.57. The molecule has 0 spiro atoms. The SMILES string of the molecule is CC(C)(C)[Si](C)(C)OC[C@@H]1C[C@H](O)[C@H](O)[C@@H](O)O1. The molecule has 0 aromatic carbocycles. The molecular formula is C12H26O5Si. The number of hydrogen-bond acceptors (Lipinski definition) is 5. The topological polar surface area (TPSA) is 79.2 Å². The highest BCUT2D eigenvalue weighted by atomic mass is 28.4. The van der Waals surface area contributed by atoms with E-state index in [1.54, 1.807) is 0 Å². The Morgan fingerprint density at radius 1 is 1.22 bits per heavy atom. The van der Waals surface area contributed by atoms with Gasteiger partial charge < -0.3 is 24.5 Å². The van der Waals surface area contributed by atoms with Crippen molar-refractivity contribution in [2.75, 3.05) is 6.61 Å². The Hall–Kier alpha value is 0.0169. The van der Waals surface area contributed by atoms with Crippen molar-refractivity contribution < 1.29 is 24.5 Å². The molecule has 0 saturated carbocycles. The van der Waals surface area contributed by atoms with Crippen LogP contribution >= 0.6 is 0 Å². The molecule has 1 saturated heterocycles. The largest absolute Gasteiger partial charge is 0.414 e. The van der Waals surface area contributed by atoms with E-state index in [0.717, 1.165) is 0 Å². The van der Waals surface area contributed by atoms with Crippen molar-refractivity contribution in [2.24, 2.45) is 0 Å². The lowest BCUT2D eigenvalue weighted by Crippen LogP contribution is -2.51. The van der Waals surface area contributed by atoms with Gasteiger partial charge in [0.05, 0.1) is 18.8 Å². The summed E-state index contributed by atoms with van der Waals surface area (Å²) in [6.45, 7) is 11.1. The lowest BCUT2D eigenvalue weighted by molar-refractivity contribution is -0.251. The summed E-state index contributed by atoms with van der Waals surface area (Å²) >= 11 is 0. The van der Waals surface area contributed by atoms with Gasteiger partial charge in [-0.2, -0.15) is 0 Å². The van der Waals surface area contributed by atoms with Crippen molar-refractivity contribution in [3.05, 3.63) is 0 Å². The highest BCUT2D eigenvalue weighted by Crippen LogP contribution is 2.37. The first kappa shape index (κ1) is 16.1. The van der Waals surface area contributed by atoms with E-state index in [-0.39, 0.29) is 17.6 Å². The molecule has 0 unspecified atom stereocenters. The van der Waals surface area contributed by atoms with Gasteiger partial charge in [-0.1, -0.05) is 20.8 Å². The van der Waals surface area contributed by atoms with Gasteiger partial charge in [-0.15, -0.1) is 0 Å². The van der Waals surface area contributed by atoms with Crippen LogP contribution in [0.5, 0.6) is 0 Å². The molecule has 0 aliphatic carbocycles. The third-order valence-electron chi connectivity index (χ3n) is 3.96. The standard InChI is InChI=1S/C12H26O5Si/c1-12(2,3)18(4,5)16-7-8-6-9(13)10(14)11(15)17-8/h8-11,13-15H,6-7H2,1-5H3/t8-,9-,10-,11-/m0/s1. The molecule has 1 aliphatic rings. The summed E-state index contributed by atoms with van der Waals surface area (Å²) in [6.07, 6.45) is -3.60. The zero-order valence-corrected chi connectivity index (χ0v) is 12.9. The lowest BCUT2D eigenvalue weighted by atomic mass is 10.0. The molecular weight excluding hydrogens is 252 g/mol. The van der Waals surface area contributed by atoms with Crippen LogP contribution in [0.15, 0.2) is 0 Å². The molecule has 0 radical (unpaired) electrons. The van der Waals surface area contributed by atoms with Gasteiger partial charge in [0.15, 0.2) is 14.6 Å². The molecule has 5 nitrogen and oxygen atoms in total. The van der Waals surface area contributed by atoms with Crippen molar-refractivity contribution in [3.63, 3.8) is 0 Å². The fourth-order valence-electron chi connectivity index (χ4n) is 1.56. The van der Waals surface area contributed by atoms with Gasteiger partial charge in [-0.3, -0.25) is 0 Å². The summed E-state index contributed by atoms with van der Waals surface area (Å²) in [7, 11) is -1.86. The van der Waals surface area contributed by atoms with Gasteiger partial charge in [0.25, 0.3) is 0 Å². The van der Waals surface area contributed by atoms with E-state index in [1.807, 2.05) is 0 Å². The average molecular weight is 278 g/mol. The van der Waals surface area contributed by atoms with Crippen LogP contribution in [-0.4, -0.2) is 54.8 Å². The van der Waals surface area contributed by atoms with Gasteiger partial charge in [0.1, 0.15) is 6.10 Å². The Bertz CT molecular complexity index is 264. The lowest BCUT2D eigenvalue weighted by Gasteiger charge is -2.39. The molecule has 1 heterocycles. The molecule has 6 heteroatoms. The minimum absolute atomic E-state index is 0.110. The molecule has 1 fully saturated rings. The fourth-order valence-corrected chi connectivity index (χ4v) is 2.59. The van der Waals surface area contributed by atoms with E-state index in [1.165, 1.54) is 0 Å². The summed E-state index contributed by atoms with van der Waals surface area (Å²) in [5.74, 6) is 0. The quantitative estimate of drug-likeness (QED) is 0.667. The highest BCUT2D eigenvalue weighted by molar-refractivity contribution is 6.74. The van der Waals surface area contributed by atoms with Crippen LogP contribution < -0.4 is 0 Å². The summed E-state index contributed by atoms with van der Waals surface area (Å²) in [5.41, 5.74) is 0. The van der Waals surface area contributed by atoms with Crippen LogP contribution in [0.1, 0.15) is 27.2 Å². The third kappa shape index (κ3) is 3.75. The number of aliphatic hydroxyl groups excluding tert-OH is 3. The van der Waals surface area contributed by atoms with E-state index in [0.29, 0.717) is 6.61 Å². The fraction of sp³-hybridized carbons (Fsp3) is 1.00. The zero-order chi connectivity index (χ0) is 14.1. The first-order valence-electron chi connectivity index (χ1n) is 6.38. The molecule has 0 bridgehead atoms. The minimum atomic E-state index is -1.86. The Balaban J connectivity index is 2.50. The summed E-state index contributed by atoms with van der Waals surface area (Å²) < 4.78 is 11.2. The van der Waals surface area contributed by atoms with E-state index >= 15 is 0 Å². The first-order chi connectivity index (χ1) is 8.04. The molecule has 0 aromatic heterocycles. The second kappa shape index (κ2) is 5.56. The number of aliphatic hydroxyl groups is 3. The number of rotatable bonds is 3. The maximum atomic E-state index is 9.57. The predicted octanol–water partition coefficient (Wildman–Crippen LogP) is 0.837. The molecule has 1 aliphatic heterocycles. The summed E-state index contributed by atoms with van der Waals surface area (Å²) in [4.78, 5) is 0. The number of hydrogen-bond donors (Lipinski definition) is 3. The van der Waals surface area contributed by atoms with E-state index < -0.39 is 26.8 Å². The van der Waals surface area contributed by atoms with Crippen LogP contribution in [0.4, 0.5) is 0 Å². The Morgan fingerprint density at radius 2 is 1.78 bits per heavy atom. The molecule has 1 rings (SSSR count). The van der Waals surface area contributed by atoms with E-state index in [2.05, 4.69) is 33.9 Å². The Morgan fingerprint density at radius 3 is 2.22 bits per heavy atom. The van der Waals surface area contributed by atoms with Gasteiger partial charge in [0.2, 0.25) is 0 Å². The van der Waals surface area contributed by atoms with Crippen molar-refractivity contribution in [1.29, 1.82) is 0 Å². The van der Waals surface area contributed by atoms with Crippen LogP contribution in [0, 0.1) is 0 Å². The van der Waals surface area contributed by atoms with Gasteiger partial charge >= 0.3 is 0 Å². The van der Waals surface area contributed by atoms with Crippen molar-refractivity contribution >= 4 is 8.32 Å². The Kier molecular flexibility index (Phi) is 4.97. The van der Waals surface area contributed by atoms with Crippen LogP contribution in [-0.2, 0) is 9.16 Å². The minimum Gasteiger partial charge on any atom is -0.414 e. The van der Waals surface area contributed by atoms with Crippen LogP contribution in [0.3, 0.4) is 0 Å². The normalized spacial score (nSPS) is 34.7. The zero-order valence-electron chi connectivity index (χ0n) is 11.9. The molecule has 0 amide bonds.